The standard InChI is InChI=1S/C33H50ClN3O7S/c1-6-10-27(35-32(40)31(36-33(41)44-5)21-26-11-7-8-14-30(26)34)12-9-13-28(22-38)37(20-19-23(2)3)45(42,43)29-17-15-25(16-18-29)24(4)39/h7-8,11,14-18,23-24,27-28,31,38-39H,6,9-10,12-13,19-22H2,1-5H3,(H,35,40)(H,36,41)/t24-,27-,28-,31-/m0/s1. The van der Waals surface area contributed by atoms with Crippen molar-refractivity contribution in [1.82, 2.24) is 14.9 Å². The van der Waals surface area contributed by atoms with Gasteiger partial charge < -0.3 is 25.6 Å². The molecule has 0 saturated carbocycles. The van der Waals surface area contributed by atoms with Gasteiger partial charge in [-0.1, -0.05) is 69.1 Å². The highest BCUT2D eigenvalue weighted by Crippen LogP contribution is 2.25. The number of nitrogens with zero attached hydrogens (tertiary/aromatic N) is 1. The monoisotopic (exact) mass is 667 g/mol. The number of hydrogen-bond acceptors (Lipinski definition) is 7. The highest BCUT2D eigenvalue weighted by molar-refractivity contribution is 7.89. The van der Waals surface area contributed by atoms with Gasteiger partial charge in [0.05, 0.1) is 24.7 Å². The lowest BCUT2D eigenvalue weighted by atomic mass is 10.0. The number of amides is 2. The summed E-state index contributed by atoms with van der Waals surface area (Å²) in [5.41, 5.74) is 1.32. The molecule has 0 saturated heterocycles. The molecule has 4 atom stereocenters. The van der Waals surface area contributed by atoms with E-state index in [1.807, 2.05) is 20.8 Å². The van der Waals surface area contributed by atoms with Crippen molar-refractivity contribution in [3.8, 4) is 0 Å². The topological polar surface area (TPSA) is 145 Å². The summed E-state index contributed by atoms with van der Waals surface area (Å²) >= 11 is 6.31. The van der Waals surface area contributed by atoms with Gasteiger partial charge in [0.1, 0.15) is 6.04 Å². The molecule has 0 heterocycles. The molecule has 0 unspecified atom stereocenters. The van der Waals surface area contributed by atoms with Gasteiger partial charge in [0.25, 0.3) is 0 Å². The molecule has 0 spiro atoms. The fraction of sp³-hybridized carbons (Fsp3) is 0.576. The fourth-order valence-corrected chi connectivity index (χ4v) is 6.97. The fourth-order valence-electron chi connectivity index (χ4n) is 5.10. The van der Waals surface area contributed by atoms with Crippen molar-refractivity contribution in [1.29, 1.82) is 0 Å². The van der Waals surface area contributed by atoms with E-state index in [1.54, 1.807) is 43.3 Å². The molecule has 0 aromatic heterocycles. The zero-order valence-corrected chi connectivity index (χ0v) is 28.6. The molecule has 0 bridgehead atoms. The van der Waals surface area contributed by atoms with Crippen LogP contribution in [-0.2, 0) is 26.0 Å². The van der Waals surface area contributed by atoms with Gasteiger partial charge in [0.2, 0.25) is 15.9 Å². The summed E-state index contributed by atoms with van der Waals surface area (Å²) in [6.45, 7) is 7.55. The van der Waals surface area contributed by atoms with Gasteiger partial charge in [-0.25, -0.2) is 13.2 Å². The van der Waals surface area contributed by atoms with E-state index in [1.165, 1.54) is 23.5 Å². The smallest absolute Gasteiger partial charge is 0.407 e. The van der Waals surface area contributed by atoms with Crippen LogP contribution in [0.5, 0.6) is 0 Å². The van der Waals surface area contributed by atoms with Gasteiger partial charge in [-0.3, -0.25) is 4.79 Å². The van der Waals surface area contributed by atoms with E-state index >= 15 is 0 Å². The Morgan fingerprint density at radius 1 is 0.978 bits per heavy atom. The van der Waals surface area contributed by atoms with Gasteiger partial charge in [-0.05, 0) is 74.3 Å². The van der Waals surface area contributed by atoms with Crippen LogP contribution in [-0.4, -0.2) is 73.3 Å². The number of methoxy groups -OCH3 is 1. The quantitative estimate of drug-likeness (QED) is 0.161. The van der Waals surface area contributed by atoms with Crippen LogP contribution in [0.4, 0.5) is 4.79 Å². The summed E-state index contributed by atoms with van der Waals surface area (Å²) in [7, 11) is -2.70. The Morgan fingerprint density at radius 3 is 2.20 bits per heavy atom. The minimum absolute atomic E-state index is 0.105. The van der Waals surface area contributed by atoms with E-state index in [-0.39, 0.29) is 42.3 Å². The molecule has 10 nitrogen and oxygen atoms in total. The number of halogens is 1. The average Bonchev–Trinajstić information content (AvgIpc) is 3.00. The second-order valence-electron chi connectivity index (χ2n) is 11.8. The van der Waals surface area contributed by atoms with E-state index in [0.717, 1.165) is 6.42 Å². The van der Waals surface area contributed by atoms with Crippen LogP contribution >= 0.6 is 11.6 Å². The minimum Gasteiger partial charge on any atom is -0.453 e. The predicted octanol–water partition coefficient (Wildman–Crippen LogP) is 5.21. The third-order valence-electron chi connectivity index (χ3n) is 7.76. The molecule has 252 valence electrons. The highest BCUT2D eigenvalue weighted by atomic mass is 35.5. The van der Waals surface area contributed by atoms with Crippen molar-refractivity contribution >= 4 is 33.6 Å². The van der Waals surface area contributed by atoms with E-state index < -0.39 is 34.3 Å². The molecule has 0 aliphatic heterocycles. The number of ether oxygens (including phenoxy) is 1. The number of aliphatic hydroxyl groups excluding tert-OH is 2. The third-order valence-corrected chi connectivity index (χ3v) is 10.1. The second-order valence-corrected chi connectivity index (χ2v) is 14.1. The molecule has 2 amide bonds. The number of rotatable bonds is 19. The van der Waals surface area contributed by atoms with Crippen LogP contribution in [0.3, 0.4) is 0 Å². The van der Waals surface area contributed by atoms with Crippen LogP contribution in [0.15, 0.2) is 53.4 Å². The van der Waals surface area contributed by atoms with Crippen molar-refractivity contribution in [2.45, 2.75) is 102 Å². The Morgan fingerprint density at radius 2 is 1.64 bits per heavy atom. The van der Waals surface area contributed by atoms with E-state index in [0.29, 0.717) is 48.3 Å². The molecular weight excluding hydrogens is 618 g/mol. The first-order chi connectivity index (χ1) is 21.3. The van der Waals surface area contributed by atoms with E-state index in [2.05, 4.69) is 10.6 Å². The number of alkyl carbamates (subject to hydrolysis) is 1. The van der Waals surface area contributed by atoms with Crippen molar-refractivity contribution < 1.29 is 33.0 Å². The second kappa shape index (κ2) is 19.1. The molecule has 2 aromatic carbocycles. The molecule has 0 radical (unpaired) electrons. The number of nitrogens with one attached hydrogen (secondary N) is 2. The minimum atomic E-state index is -3.93. The first-order valence-corrected chi connectivity index (χ1v) is 17.4. The summed E-state index contributed by atoms with van der Waals surface area (Å²) in [4.78, 5) is 25.5. The molecule has 12 heteroatoms. The van der Waals surface area contributed by atoms with E-state index in [4.69, 9.17) is 16.3 Å². The Labute approximate surface area is 273 Å². The maximum absolute atomic E-state index is 13.8. The first-order valence-electron chi connectivity index (χ1n) is 15.6. The van der Waals surface area contributed by atoms with Crippen molar-refractivity contribution in [3.05, 3.63) is 64.7 Å². The molecule has 2 aromatic rings. The van der Waals surface area contributed by atoms with Crippen LogP contribution < -0.4 is 10.6 Å². The Kier molecular flexibility index (Phi) is 16.3. The van der Waals surface area contributed by atoms with Gasteiger partial charge in [0.15, 0.2) is 0 Å². The summed E-state index contributed by atoms with van der Waals surface area (Å²) < 4.78 is 33.7. The molecular formula is C33H50ClN3O7S. The largest absolute Gasteiger partial charge is 0.453 e. The summed E-state index contributed by atoms with van der Waals surface area (Å²) in [5.74, 6) is -0.125. The first kappa shape index (κ1) is 38.5. The van der Waals surface area contributed by atoms with Crippen LogP contribution in [0.2, 0.25) is 5.02 Å². The zero-order chi connectivity index (χ0) is 33.6. The van der Waals surface area contributed by atoms with Crippen LogP contribution in [0.1, 0.15) is 83.5 Å². The normalized spacial score (nSPS) is 14.5. The van der Waals surface area contributed by atoms with Gasteiger partial charge in [-0.15, -0.1) is 0 Å². The average molecular weight is 668 g/mol. The molecule has 0 aliphatic carbocycles. The molecule has 4 N–H and O–H groups in total. The van der Waals surface area contributed by atoms with Crippen molar-refractivity contribution in [3.63, 3.8) is 0 Å². The third kappa shape index (κ3) is 12.2. The zero-order valence-electron chi connectivity index (χ0n) is 27.0. The highest BCUT2D eigenvalue weighted by Gasteiger charge is 2.31. The number of carbonyl (C=O) groups is 2. The predicted molar refractivity (Wildman–Crippen MR) is 176 cm³/mol. The van der Waals surface area contributed by atoms with E-state index in [9.17, 15) is 28.2 Å². The maximum Gasteiger partial charge on any atom is 0.407 e. The lowest BCUT2D eigenvalue weighted by molar-refractivity contribution is -0.123. The maximum atomic E-state index is 13.8. The SMILES string of the molecule is CCC[C@@H](CCC[C@@H](CO)N(CCC(C)C)S(=O)(=O)c1ccc([C@H](C)O)cc1)NC(=O)[C@H](Cc1ccccc1Cl)NC(=O)OC. The Balaban J connectivity index is 2.18. The summed E-state index contributed by atoms with van der Waals surface area (Å²) in [5, 5.41) is 26.4. The number of aliphatic hydroxyl groups is 2. The van der Waals surface area contributed by atoms with Crippen molar-refractivity contribution in [2.75, 3.05) is 20.3 Å². The lowest BCUT2D eigenvalue weighted by Gasteiger charge is -2.31. The van der Waals surface area contributed by atoms with Crippen molar-refractivity contribution in [2.24, 2.45) is 5.92 Å². The number of sulfonamides is 1. The molecule has 0 fully saturated rings. The number of hydrogen-bond donors (Lipinski definition) is 4. The molecule has 2 rings (SSSR count). The van der Waals surface area contributed by atoms with Crippen LogP contribution in [0.25, 0.3) is 0 Å². The summed E-state index contributed by atoms with van der Waals surface area (Å²) in [6.07, 6.45) is 2.30. The lowest BCUT2D eigenvalue weighted by Crippen LogP contribution is -2.50. The van der Waals surface area contributed by atoms with Gasteiger partial charge in [0, 0.05) is 30.1 Å². The molecule has 0 aliphatic rings. The van der Waals surface area contributed by atoms with Gasteiger partial charge >= 0.3 is 6.09 Å². The molecule has 45 heavy (non-hydrogen) atoms. The number of benzene rings is 2. The Bertz CT molecular complexity index is 1310. The van der Waals surface area contributed by atoms with Crippen LogP contribution in [0, 0.1) is 5.92 Å². The summed E-state index contributed by atoms with van der Waals surface area (Å²) in [6, 6.07) is 11.5. The Hall–Kier alpha value is -2.70. The number of carbonyl (C=O) groups excluding carboxylic acids is 2. The van der Waals surface area contributed by atoms with Gasteiger partial charge in [-0.2, -0.15) is 4.31 Å².